The summed E-state index contributed by atoms with van der Waals surface area (Å²) < 4.78 is 5.85. The van der Waals surface area contributed by atoms with E-state index in [1.807, 2.05) is 0 Å². The van der Waals surface area contributed by atoms with Crippen molar-refractivity contribution in [3.8, 4) is 0 Å². The van der Waals surface area contributed by atoms with Gasteiger partial charge in [-0.3, -0.25) is 4.90 Å². The Bertz CT molecular complexity index is 362. The molecule has 0 radical (unpaired) electrons. The lowest BCUT2D eigenvalue weighted by atomic mass is 9.99. The first kappa shape index (κ1) is 16.7. The smallest absolute Gasteiger partial charge is 0.0855 e. The van der Waals surface area contributed by atoms with Crippen LogP contribution in [0.25, 0.3) is 0 Å². The Kier molecular flexibility index (Phi) is 7.11. The molecule has 0 aliphatic carbocycles. The van der Waals surface area contributed by atoms with Crippen molar-refractivity contribution in [2.45, 2.75) is 25.1 Å². The van der Waals surface area contributed by atoms with Crippen LogP contribution < -0.4 is 5.32 Å². The Morgan fingerprint density at radius 1 is 1.21 bits per heavy atom. The van der Waals surface area contributed by atoms with Crippen LogP contribution in [0.2, 0.25) is 0 Å². The Balaban J connectivity index is 0.000000902. The van der Waals surface area contributed by atoms with Crippen LogP contribution in [0, 0.1) is 0 Å². The zero-order valence-corrected chi connectivity index (χ0v) is 12.6. The highest BCUT2D eigenvalue weighted by atomic mass is 35.5. The van der Waals surface area contributed by atoms with Gasteiger partial charge in [-0.2, -0.15) is 0 Å². The number of morpholine rings is 1. The second-order valence-electron chi connectivity index (χ2n) is 4.93. The fourth-order valence-corrected chi connectivity index (χ4v) is 2.91. The van der Waals surface area contributed by atoms with Crippen LogP contribution in [-0.2, 0) is 11.3 Å². The van der Waals surface area contributed by atoms with E-state index < -0.39 is 0 Å². The number of nitrogens with one attached hydrogen (secondary N) is 1. The van der Waals surface area contributed by atoms with Crippen molar-refractivity contribution in [3.63, 3.8) is 0 Å². The summed E-state index contributed by atoms with van der Waals surface area (Å²) in [6.07, 6.45) is 1.60. The van der Waals surface area contributed by atoms with Gasteiger partial charge in [0.05, 0.1) is 12.7 Å². The Morgan fingerprint density at radius 3 is 2.79 bits per heavy atom. The van der Waals surface area contributed by atoms with E-state index >= 15 is 0 Å². The fourth-order valence-electron chi connectivity index (χ4n) is 2.91. The van der Waals surface area contributed by atoms with Gasteiger partial charge in [-0.25, -0.2) is 0 Å². The molecule has 0 bridgehead atoms. The molecule has 0 amide bonds. The van der Waals surface area contributed by atoms with Crippen molar-refractivity contribution in [1.29, 1.82) is 0 Å². The third-order valence-electron chi connectivity index (χ3n) is 3.80. The van der Waals surface area contributed by atoms with Gasteiger partial charge in [-0.05, 0) is 18.5 Å². The highest BCUT2D eigenvalue weighted by Crippen LogP contribution is 2.21. The van der Waals surface area contributed by atoms with E-state index in [4.69, 9.17) is 4.74 Å². The number of hydrogen-bond acceptors (Lipinski definition) is 3. The summed E-state index contributed by atoms with van der Waals surface area (Å²) in [6.45, 7) is 5.13. The number of halogens is 2. The van der Waals surface area contributed by atoms with Crippen molar-refractivity contribution in [3.05, 3.63) is 35.9 Å². The molecule has 5 heteroatoms. The predicted molar refractivity (Wildman–Crippen MR) is 82.4 cm³/mol. The summed E-state index contributed by atoms with van der Waals surface area (Å²) >= 11 is 0. The first-order chi connectivity index (χ1) is 8.43. The lowest BCUT2D eigenvalue weighted by molar-refractivity contribution is -0.0842. The van der Waals surface area contributed by atoms with E-state index in [1.54, 1.807) is 0 Å². The standard InChI is InChI=1S/C14H20N2O.2ClH/c1-2-4-12(5-3-1)11-16-8-9-17-14-10-15-7-6-13(14)16;;/h1-5,13-15H,6-11H2;2*1H/t13-,14?;;/m1../s1. The molecule has 1 N–H and O–H groups in total. The summed E-state index contributed by atoms with van der Waals surface area (Å²) in [5.41, 5.74) is 1.41. The lowest BCUT2D eigenvalue weighted by Gasteiger charge is -2.44. The van der Waals surface area contributed by atoms with Gasteiger partial charge in [-0.1, -0.05) is 30.3 Å². The molecular weight excluding hydrogens is 283 g/mol. The molecule has 2 fully saturated rings. The first-order valence-electron chi connectivity index (χ1n) is 6.54. The van der Waals surface area contributed by atoms with Crippen LogP contribution in [0.5, 0.6) is 0 Å². The van der Waals surface area contributed by atoms with Crippen molar-refractivity contribution in [1.82, 2.24) is 10.2 Å². The Labute approximate surface area is 127 Å². The molecule has 0 saturated carbocycles. The molecule has 1 aromatic carbocycles. The summed E-state index contributed by atoms with van der Waals surface area (Å²) in [5, 5.41) is 3.42. The highest BCUT2D eigenvalue weighted by Gasteiger charge is 2.33. The van der Waals surface area contributed by atoms with Gasteiger partial charge in [0.1, 0.15) is 0 Å². The average molecular weight is 305 g/mol. The summed E-state index contributed by atoms with van der Waals surface area (Å²) in [5.74, 6) is 0. The Hall–Kier alpha value is -0.320. The first-order valence-corrected chi connectivity index (χ1v) is 6.54. The van der Waals surface area contributed by atoms with Crippen LogP contribution in [0.1, 0.15) is 12.0 Å². The molecule has 2 atom stereocenters. The van der Waals surface area contributed by atoms with E-state index in [0.29, 0.717) is 12.1 Å². The number of fused-ring (bicyclic) bond motifs is 1. The summed E-state index contributed by atoms with van der Waals surface area (Å²) in [7, 11) is 0. The average Bonchev–Trinajstić information content (AvgIpc) is 2.40. The van der Waals surface area contributed by atoms with Gasteiger partial charge in [0, 0.05) is 25.7 Å². The third-order valence-corrected chi connectivity index (χ3v) is 3.80. The minimum absolute atomic E-state index is 0. The maximum Gasteiger partial charge on any atom is 0.0855 e. The molecule has 1 aromatic rings. The largest absolute Gasteiger partial charge is 0.374 e. The quantitative estimate of drug-likeness (QED) is 0.905. The van der Waals surface area contributed by atoms with E-state index in [9.17, 15) is 0 Å². The highest BCUT2D eigenvalue weighted by molar-refractivity contribution is 5.85. The van der Waals surface area contributed by atoms with Crippen molar-refractivity contribution >= 4 is 24.8 Å². The van der Waals surface area contributed by atoms with Gasteiger partial charge < -0.3 is 10.1 Å². The number of rotatable bonds is 2. The van der Waals surface area contributed by atoms with Crippen LogP contribution in [0.4, 0.5) is 0 Å². The SMILES string of the molecule is Cl.Cl.c1ccc(CN2CCOC3CNCC[C@H]32)cc1. The molecule has 108 valence electrons. The molecule has 2 aliphatic heterocycles. The molecule has 2 aliphatic rings. The second kappa shape index (κ2) is 8.08. The monoisotopic (exact) mass is 304 g/mol. The lowest BCUT2D eigenvalue weighted by Crippen LogP contribution is -2.57. The molecule has 3 nitrogen and oxygen atoms in total. The summed E-state index contributed by atoms with van der Waals surface area (Å²) in [6, 6.07) is 11.4. The van der Waals surface area contributed by atoms with Gasteiger partial charge in [0.15, 0.2) is 0 Å². The molecular formula is C14H22Cl2N2O. The van der Waals surface area contributed by atoms with Gasteiger partial charge in [-0.15, -0.1) is 24.8 Å². The molecule has 3 rings (SSSR count). The summed E-state index contributed by atoms with van der Waals surface area (Å²) in [4.78, 5) is 2.59. The maximum atomic E-state index is 5.85. The van der Waals surface area contributed by atoms with Crippen LogP contribution in [0.15, 0.2) is 30.3 Å². The maximum absolute atomic E-state index is 5.85. The third kappa shape index (κ3) is 4.07. The van der Waals surface area contributed by atoms with Crippen LogP contribution in [0.3, 0.4) is 0 Å². The van der Waals surface area contributed by atoms with E-state index in [2.05, 4.69) is 40.5 Å². The second-order valence-corrected chi connectivity index (χ2v) is 4.93. The zero-order valence-electron chi connectivity index (χ0n) is 11.0. The van der Waals surface area contributed by atoms with Crippen molar-refractivity contribution < 1.29 is 4.74 Å². The molecule has 0 spiro atoms. The van der Waals surface area contributed by atoms with Gasteiger partial charge >= 0.3 is 0 Å². The van der Waals surface area contributed by atoms with Gasteiger partial charge in [0.25, 0.3) is 0 Å². The van der Waals surface area contributed by atoms with E-state index in [0.717, 1.165) is 32.8 Å². The Morgan fingerprint density at radius 2 is 2.00 bits per heavy atom. The van der Waals surface area contributed by atoms with Crippen molar-refractivity contribution in [2.75, 3.05) is 26.2 Å². The number of nitrogens with zero attached hydrogens (tertiary/aromatic N) is 1. The fraction of sp³-hybridized carbons (Fsp3) is 0.571. The predicted octanol–water partition coefficient (Wildman–Crippen LogP) is 2.09. The number of ether oxygens (including phenoxy) is 1. The number of piperidine rings is 1. The van der Waals surface area contributed by atoms with Crippen LogP contribution >= 0.6 is 24.8 Å². The van der Waals surface area contributed by atoms with Gasteiger partial charge in [0.2, 0.25) is 0 Å². The van der Waals surface area contributed by atoms with E-state index in [-0.39, 0.29) is 24.8 Å². The molecule has 0 aromatic heterocycles. The molecule has 19 heavy (non-hydrogen) atoms. The number of benzene rings is 1. The van der Waals surface area contributed by atoms with E-state index in [1.165, 1.54) is 12.0 Å². The zero-order chi connectivity index (χ0) is 11.5. The molecule has 2 heterocycles. The molecule has 2 saturated heterocycles. The normalized spacial score (nSPS) is 26.7. The topological polar surface area (TPSA) is 24.5 Å². The van der Waals surface area contributed by atoms with Crippen molar-refractivity contribution in [2.24, 2.45) is 0 Å². The minimum Gasteiger partial charge on any atom is -0.374 e. The van der Waals surface area contributed by atoms with Crippen LogP contribution in [-0.4, -0.2) is 43.3 Å². The molecule has 1 unspecified atom stereocenters. The minimum atomic E-state index is 0. The number of hydrogen-bond donors (Lipinski definition) is 1.